The van der Waals surface area contributed by atoms with Gasteiger partial charge in [-0.05, 0) is 22.3 Å². The molecule has 3 rings (SSSR count). The Labute approximate surface area is 188 Å². The molecule has 1 aliphatic rings. The van der Waals surface area contributed by atoms with Crippen molar-refractivity contribution in [2.24, 2.45) is 0 Å². The van der Waals surface area contributed by atoms with E-state index in [0.717, 1.165) is 29.4 Å². The van der Waals surface area contributed by atoms with E-state index in [-0.39, 0.29) is 19.1 Å². The van der Waals surface area contributed by atoms with Crippen molar-refractivity contribution in [1.82, 2.24) is 10.6 Å². The molecule has 0 saturated heterocycles. The van der Waals surface area contributed by atoms with Gasteiger partial charge in [-0.15, -0.1) is 0 Å². The summed E-state index contributed by atoms with van der Waals surface area (Å²) in [6.07, 6.45) is -6.12. The zero-order chi connectivity index (χ0) is 24.0. The third-order valence-corrected chi connectivity index (χ3v) is 5.38. The van der Waals surface area contributed by atoms with Gasteiger partial charge in [0.1, 0.15) is 12.6 Å². The molecule has 0 radical (unpaired) electrons. The van der Waals surface area contributed by atoms with Crippen LogP contribution in [0.2, 0.25) is 0 Å². The molecule has 0 heterocycles. The molecule has 0 fully saturated rings. The summed E-state index contributed by atoms with van der Waals surface area (Å²) in [5.41, 5.74) is 4.23. The van der Waals surface area contributed by atoms with Gasteiger partial charge in [-0.25, -0.2) is 13.6 Å². The average Bonchev–Trinajstić information content (AvgIpc) is 3.11. The van der Waals surface area contributed by atoms with Gasteiger partial charge in [0, 0.05) is 13.0 Å². The number of nitrogens with one attached hydrogen (secondary N) is 2. The number of ether oxygens (including phenoxy) is 2. The third-order valence-electron chi connectivity index (χ3n) is 5.38. The number of carboxylic acid groups (broad SMARTS) is 1. The first-order chi connectivity index (χ1) is 15.8. The van der Waals surface area contributed by atoms with E-state index in [9.17, 15) is 23.2 Å². The molecule has 2 aromatic carbocycles. The Morgan fingerprint density at radius 3 is 2.12 bits per heavy atom. The number of rotatable bonds is 10. The number of carbonyl (C=O) groups is 3. The van der Waals surface area contributed by atoms with Gasteiger partial charge in [-0.2, -0.15) is 0 Å². The molecule has 2 amide bonds. The third kappa shape index (κ3) is 5.83. The highest BCUT2D eigenvalue weighted by Gasteiger charge is 2.30. The van der Waals surface area contributed by atoms with Crippen molar-refractivity contribution in [3.63, 3.8) is 0 Å². The topological polar surface area (TPSA) is 114 Å². The molecule has 176 valence electrons. The van der Waals surface area contributed by atoms with Crippen LogP contribution in [-0.4, -0.2) is 61.9 Å². The minimum absolute atomic E-state index is 0.0653. The van der Waals surface area contributed by atoms with Crippen LogP contribution in [0, 0.1) is 0 Å². The van der Waals surface area contributed by atoms with Crippen molar-refractivity contribution in [1.29, 1.82) is 0 Å². The second kappa shape index (κ2) is 10.9. The van der Waals surface area contributed by atoms with Gasteiger partial charge >= 0.3 is 12.1 Å². The normalized spacial score (nSPS) is 14.2. The van der Waals surface area contributed by atoms with Crippen LogP contribution in [0.4, 0.5) is 13.6 Å². The van der Waals surface area contributed by atoms with E-state index in [1.807, 2.05) is 53.8 Å². The van der Waals surface area contributed by atoms with E-state index in [0.29, 0.717) is 0 Å². The molecule has 2 aromatic rings. The lowest BCUT2D eigenvalue weighted by atomic mass is 9.98. The molecule has 33 heavy (non-hydrogen) atoms. The molecule has 8 nitrogen and oxygen atoms in total. The molecular weight excluding hydrogens is 438 g/mol. The van der Waals surface area contributed by atoms with E-state index < -0.39 is 43.0 Å². The maximum Gasteiger partial charge on any atom is 0.407 e. The number of carboxylic acids is 1. The fourth-order valence-electron chi connectivity index (χ4n) is 3.78. The smallest absolute Gasteiger partial charge is 0.407 e. The Bertz CT molecular complexity index is 970. The quantitative estimate of drug-likeness (QED) is 0.500. The Hall–Kier alpha value is -3.53. The van der Waals surface area contributed by atoms with Crippen molar-refractivity contribution in [3.05, 3.63) is 59.7 Å². The largest absolute Gasteiger partial charge is 0.481 e. The highest BCUT2D eigenvalue weighted by Crippen LogP contribution is 2.44. The number of hydrogen-bond acceptors (Lipinski definition) is 5. The van der Waals surface area contributed by atoms with Crippen molar-refractivity contribution in [2.75, 3.05) is 20.3 Å². The van der Waals surface area contributed by atoms with E-state index in [1.165, 1.54) is 0 Å². The predicted octanol–water partition coefficient (Wildman–Crippen LogP) is 2.76. The van der Waals surface area contributed by atoms with Gasteiger partial charge < -0.3 is 25.2 Å². The van der Waals surface area contributed by atoms with Gasteiger partial charge in [-0.1, -0.05) is 48.5 Å². The molecule has 0 aliphatic heterocycles. The molecule has 0 bridgehead atoms. The Morgan fingerprint density at radius 2 is 1.61 bits per heavy atom. The van der Waals surface area contributed by atoms with E-state index in [2.05, 4.69) is 5.32 Å². The molecule has 0 spiro atoms. The standard InChI is InChI=1S/C23H24F2N2O6/c1-32-19(22(30)27-18(21(24)25)10-20(28)29)11-26-23(31)33-12-17-15-8-4-2-6-13(15)14-7-3-5-9-16(14)17/h2-9,17-19,21H,10-12H2,1H3,(H,26,31)(H,27,30)(H,28,29). The van der Waals surface area contributed by atoms with Crippen molar-refractivity contribution in [3.8, 4) is 11.1 Å². The lowest BCUT2D eigenvalue weighted by molar-refractivity contribution is -0.140. The first-order valence-corrected chi connectivity index (χ1v) is 10.2. The summed E-state index contributed by atoms with van der Waals surface area (Å²) >= 11 is 0. The number of methoxy groups -OCH3 is 1. The highest BCUT2D eigenvalue weighted by atomic mass is 19.3. The van der Waals surface area contributed by atoms with Crippen molar-refractivity contribution >= 4 is 18.0 Å². The number of carbonyl (C=O) groups excluding carboxylic acids is 2. The van der Waals surface area contributed by atoms with Crippen LogP contribution >= 0.6 is 0 Å². The number of amides is 2. The molecular formula is C23H24F2N2O6. The summed E-state index contributed by atoms with van der Waals surface area (Å²) in [5.74, 6) is -2.60. The summed E-state index contributed by atoms with van der Waals surface area (Å²) in [7, 11) is 1.16. The van der Waals surface area contributed by atoms with Crippen LogP contribution in [0.5, 0.6) is 0 Å². The zero-order valence-corrected chi connectivity index (χ0v) is 17.8. The Kier molecular flexibility index (Phi) is 7.94. The van der Waals surface area contributed by atoms with Crippen molar-refractivity contribution in [2.45, 2.75) is 30.9 Å². The zero-order valence-electron chi connectivity index (χ0n) is 17.8. The van der Waals surface area contributed by atoms with Crippen LogP contribution in [0.3, 0.4) is 0 Å². The van der Waals surface area contributed by atoms with Crippen LogP contribution in [-0.2, 0) is 19.1 Å². The van der Waals surface area contributed by atoms with Crippen LogP contribution in [0.15, 0.2) is 48.5 Å². The number of alkyl halides is 2. The number of benzene rings is 2. The number of aliphatic carboxylic acids is 1. The number of hydrogen-bond donors (Lipinski definition) is 3. The number of halogens is 2. The van der Waals surface area contributed by atoms with Crippen LogP contribution in [0.1, 0.15) is 23.5 Å². The average molecular weight is 462 g/mol. The summed E-state index contributed by atoms with van der Waals surface area (Å²) in [6, 6.07) is 13.8. The minimum atomic E-state index is -3.07. The minimum Gasteiger partial charge on any atom is -0.481 e. The first kappa shape index (κ1) is 24.1. The van der Waals surface area contributed by atoms with Crippen molar-refractivity contribution < 1.29 is 37.7 Å². The van der Waals surface area contributed by atoms with E-state index in [1.54, 1.807) is 0 Å². The maximum atomic E-state index is 13.0. The van der Waals surface area contributed by atoms with Crippen LogP contribution < -0.4 is 10.6 Å². The molecule has 3 N–H and O–H groups in total. The lowest BCUT2D eigenvalue weighted by Gasteiger charge is -2.21. The molecule has 1 aliphatic carbocycles. The monoisotopic (exact) mass is 462 g/mol. The molecule has 2 unspecified atom stereocenters. The Morgan fingerprint density at radius 1 is 1.03 bits per heavy atom. The summed E-state index contributed by atoms with van der Waals surface area (Å²) in [4.78, 5) is 35.1. The second-order valence-corrected chi connectivity index (χ2v) is 7.48. The molecule has 0 aromatic heterocycles. The second-order valence-electron chi connectivity index (χ2n) is 7.48. The Balaban J connectivity index is 1.54. The fraction of sp³-hybridized carbons (Fsp3) is 0.348. The first-order valence-electron chi connectivity index (χ1n) is 10.2. The summed E-state index contributed by atoms with van der Waals surface area (Å²) in [6.45, 7) is -0.280. The van der Waals surface area contributed by atoms with Gasteiger partial charge in [0.25, 0.3) is 12.3 Å². The van der Waals surface area contributed by atoms with Gasteiger partial charge in [0.15, 0.2) is 6.10 Å². The van der Waals surface area contributed by atoms with Gasteiger partial charge in [0.05, 0.1) is 13.0 Å². The van der Waals surface area contributed by atoms with Gasteiger partial charge in [-0.3, -0.25) is 9.59 Å². The lowest BCUT2D eigenvalue weighted by Crippen LogP contribution is -2.50. The predicted molar refractivity (Wildman–Crippen MR) is 114 cm³/mol. The SMILES string of the molecule is COC(CNC(=O)OCC1c2ccccc2-c2ccccc21)C(=O)NC(CC(=O)O)C(F)F. The molecule has 0 saturated carbocycles. The number of alkyl carbamates (subject to hydrolysis) is 1. The molecule has 10 heteroatoms. The summed E-state index contributed by atoms with van der Waals surface area (Å²) in [5, 5.41) is 13.0. The fourth-order valence-corrected chi connectivity index (χ4v) is 3.78. The maximum absolute atomic E-state index is 13.0. The van der Waals surface area contributed by atoms with Gasteiger partial charge in [0.2, 0.25) is 0 Å². The molecule has 2 atom stereocenters. The van der Waals surface area contributed by atoms with Crippen LogP contribution in [0.25, 0.3) is 11.1 Å². The van der Waals surface area contributed by atoms with E-state index in [4.69, 9.17) is 14.6 Å². The van der Waals surface area contributed by atoms with E-state index >= 15 is 0 Å². The summed E-state index contributed by atoms with van der Waals surface area (Å²) < 4.78 is 36.2. The highest BCUT2D eigenvalue weighted by molar-refractivity contribution is 5.83. The number of fused-ring (bicyclic) bond motifs is 3.